The highest BCUT2D eigenvalue weighted by Crippen LogP contribution is 2.30. The maximum absolute atomic E-state index is 12.6. The lowest BCUT2D eigenvalue weighted by atomic mass is 10.2. The molecule has 0 bridgehead atoms. The summed E-state index contributed by atoms with van der Waals surface area (Å²) < 4.78 is 64.1. The Labute approximate surface area is 123 Å². The Morgan fingerprint density at radius 1 is 1.19 bits per heavy atom. The summed E-state index contributed by atoms with van der Waals surface area (Å²) in [6.07, 6.45) is -4.56. The molecule has 0 aromatic heterocycles. The first-order valence-corrected chi connectivity index (χ1v) is 8.19. The Morgan fingerprint density at radius 3 is 2.33 bits per heavy atom. The van der Waals surface area contributed by atoms with Crippen LogP contribution < -0.4 is 9.62 Å². The predicted octanol–water partition coefficient (Wildman–Crippen LogP) is 0.908. The number of sulfonamides is 1. The van der Waals surface area contributed by atoms with Gasteiger partial charge in [0.2, 0.25) is 10.0 Å². The number of likely N-dealkylation sites (N-methyl/N-ethyl adjacent to an activating group) is 1. The zero-order valence-corrected chi connectivity index (χ0v) is 12.8. The van der Waals surface area contributed by atoms with Crippen LogP contribution in [0, 0.1) is 0 Å². The molecular formula is C13H20F3N2O2S+. The van der Waals surface area contributed by atoms with Crippen molar-refractivity contribution in [2.24, 2.45) is 0 Å². The third-order valence-electron chi connectivity index (χ3n) is 3.24. The second-order valence-corrected chi connectivity index (χ2v) is 6.40. The zero-order valence-electron chi connectivity index (χ0n) is 12.0. The summed E-state index contributed by atoms with van der Waals surface area (Å²) in [6, 6.07) is 3.74. The fourth-order valence-electron chi connectivity index (χ4n) is 1.89. The van der Waals surface area contributed by atoms with Crippen molar-refractivity contribution >= 4 is 10.0 Å². The van der Waals surface area contributed by atoms with E-state index >= 15 is 0 Å². The summed E-state index contributed by atoms with van der Waals surface area (Å²) in [6.45, 7) is 6.48. The highest BCUT2D eigenvalue weighted by molar-refractivity contribution is 7.89. The molecule has 0 saturated heterocycles. The van der Waals surface area contributed by atoms with Gasteiger partial charge in [-0.2, -0.15) is 13.2 Å². The van der Waals surface area contributed by atoms with Crippen molar-refractivity contribution in [3.8, 4) is 0 Å². The Kier molecular flexibility index (Phi) is 6.18. The second-order valence-electron chi connectivity index (χ2n) is 4.63. The van der Waals surface area contributed by atoms with Crippen molar-refractivity contribution in [1.29, 1.82) is 0 Å². The molecular weight excluding hydrogens is 305 g/mol. The van der Waals surface area contributed by atoms with E-state index in [0.29, 0.717) is 12.6 Å². The van der Waals surface area contributed by atoms with E-state index in [2.05, 4.69) is 4.72 Å². The summed E-state index contributed by atoms with van der Waals surface area (Å²) in [7, 11) is -3.92. The second kappa shape index (κ2) is 7.24. The first-order valence-electron chi connectivity index (χ1n) is 6.71. The van der Waals surface area contributed by atoms with Crippen LogP contribution >= 0.6 is 0 Å². The number of nitrogens with one attached hydrogen (secondary N) is 2. The van der Waals surface area contributed by atoms with Gasteiger partial charge in [-0.25, -0.2) is 13.1 Å². The molecule has 1 aromatic rings. The van der Waals surface area contributed by atoms with E-state index in [4.69, 9.17) is 0 Å². The smallest absolute Gasteiger partial charge is 0.334 e. The Balaban J connectivity index is 2.79. The van der Waals surface area contributed by atoms with Crippen molar-refractivity contribution in [2.75, 3.05) is 26.2 Å². The van der Waals surface area contributed by atoms with Gasteiger partial charge in [0, 0.05) is 0 Å². The summed E-state index contributed by atoms with van der Waals surface area (Å²) in [4.78, 5) is 0.841. The van der Waals surface area contributed by atoms with Gasteiger partial charge < -0.3 is 4.90 Å². The molecule has 0 amide bonds. The standard InChI is InChI=1S/C13H19F3N2O2S/c1-3-18(4-2)9-8-17-21(19,20)12-7-5-6-11(10-12)13(14,15)16/h5-7,10,17H,3-4,8-9H2,1-2H3/p+1. The Bertz CT molecular complexity index is 555. The number of hydrogen-bond donors (Lipinski definition) is 2. The van der Waals surface area contributed by atoms with Crippen LogP contribution in [0.5, 0.6) is 0 Å². The summed E-state index contributed by atoms with van der Waals surface area (Å²) in [5, 5.41) is 0. The lowest BCUT2D eigenvalue weighted by Crippen LogP contribution is -3.12. The molecule has 0 atom stereocenters. The molecule has 0 aliphatic carbocycles. The maximum atomic E-state index is 12.6. The van der Waals surface area contributed by atoms with Crippen LogP contribution in [0.1, 0.15) is 19.4 Å². The van der Waals surface area contributed by atoms with Crippen LogP contribution in [-0.2, 0) is 16.2 Å². The molecule has 1 aromatic carbocycles. The predicted molar refractivity (Wildman–Crippen MR) is 73.5 cm³/mol. The van der Waals surface area contributed by atoms with Gasteiger partial charge in [0.05, 0.1) is 36.6 Å². The highest BCUT2D eigenvalue weighted by atomic mass is 32.2. The summed E-state index contributed by atoms with van der Waals surface area (Å²) >= 11 is 0. The van der Waals surface area contributed by atoms with Crippen LogP contribution in [-0.4, -0.2) is 34.6 Å². The van der Waals surface area contributed by atoms with Crippen molar-refractivity contribution in [1.82, 2.24) is 4.72 Å². The van der Waals surface area contributed by atoms with E-state index < -0.39 is 21.8 Å². The first kappa shape index (κ1) is 17.9. The quantitative estimate of drug-likeness (QED) is 0.783. The van der Waals surface area contributed by atoms with Gasteiger partial charge in [0.1, 0.15) is 0 Å². The van der Waals surface area contributed by atoms with E-state index in [-0.39, 0.29) is 11.4 Å². The number of alkyl halides is 3. The number of benzene rings is 1. The summed E-state index contributed by atoms with van der Waals surface area (Å²) in [5.74, 6) is 0. The van der Waals surface area contributed by atoms with Gasteiger partial charge in [-0.15, -0.1) is 0 Å². The molecule has 0 heterocycles. The molecule has 8 heteroatoms. The SMILES string of the molecule is CC[NH+](CC)CCNS(=O)(=O)c1cccc(C(F)(F)F)c1. The van der Waals surface area contributed by atoms with Gasteiger partial charge in [0.25, 0.3) is 0 Å². The molecule has 120 valence electrons. The molecule has 21 heavy (non-hydrogen) atoms. The van der Waals surface area contributed by atoms with Gasteiger partial charge >= 0.3 is 6.18 Å². The molecule has 0 unspecified atom stereocenters. The number of rotatable bonds is 7. The average molecular weight is 325 g/mol. The molecule has 0 spiro atoms. The van der Waals surface area contributed by atoms with Gasteiger partial charge in [-0.3, -0.25) is 0 Å². The van der Waals surface area contributed by atoms with E-state index in [0.717, 1.165) is 31.3 Å². The normalized spacial score (nSPS) is 12.9. The van der Waals surface area contributed by atoms with E-state index in [1.165, 1.54) is 4.90 Å². The third kappa shape index (κ3) is 5.29. The van der Waals surface area contributed by atoms with E-state index in [1.807, 2.05) is 13.8 Å². The number of halogens is 3. The first-order chi connectivity index (χ1) is 9.70. The molecule has 0 aliphatic heterocycles. The highest BCUT2D eigenvalue weighted by Gasteiger charge is 2.31. The fraction of sp³-hybridized carbons (Fsp3) is 0.538. The molecule has 0 saturated carbocycles. The molecule has 4 nitrogen and oxygen atoms in total. The molecule has 0 aliphatic rings. The minimum atomic E-state index is -4.56. The monoisotopic (exact) mass is 325 g/mol. The molecule has 2 N–H and O–H groups in total. The lowest BCUT2D eigenvalue weighted by molar-refractivity contribution is -0.895. The fourth-order valence-corrected chi connectivity index (χ4v) is 2.97. The van der Waals surface area contributed by atoms with Crippen LogP contribution in [0.2, 0.25) is 0 Å². The topological polar surface area (TPSA) is 50.6 Å². The van der Waals surface area contributed by atoms with Crippen molar-refractivity contribution in [2.45, 2.75) is 24.9 Å². The molecule has 0 fully saturated rings. The van der Waals surface area contributed by atoms with Crippen LogP contribution in [0.3, 0.4) is 0 Å². The van der Waals surface area contributed by atoms with Crippen molar-refractivity contribution in [3.05, 3.63) is 29.8 Å². The third-order valence-corrected chi connectivity index (χ3v) is 4.70. The van der Waals surface area contributed by atoms with Crippen LogP contribution in [0.4, 0.5) is 13.2 Å². The van der Waals surface area contributed by atoms with Crippen molar-refractivity contribution < 1.29 is 26.5 Å². The number of hydrogen-bond acceptors (Lipinski definition) is 2. The summed E-state index contributed by atoms with van der Waals surface area (Å²) in [5.41, 5.74) is -0.972. The van der Waals surface area contributed by atoms with Gasteiger partial charge in [-0.05, 0) is 32.0 Å². The number of quaternary nitrogens is 1. The van der Waals surface area contributed by atoms with Crippen LogP contribution in [0.15, 0.2) is 29.2 Å². The largest absolute Gasteiger partial charge is 0.416 e. The minimum Gasteiger partial charge on any atom is -0.334 e. The average Bonchev–Trinajstić information content (AvgIpc) is 2.43. The minimum absolute atomic E-state index is 0.190. The Morgan fingerprint density at radius 2 is 1.81 bits per heavy atom. The Hall–Kier alpha value is -1.12. The molecule has 0 radical (unpaired) electrons. The zero-order chi connectivity index (χ0) is 16.1. The van der Waals surface area contributed by atoms with E-state index in [1.54, 1.807) is 0 Å². The lowest BCUT2D eigenvalue weighted by Gasteiger charge is -2.15. The van der Waals surface area contributed by atoms with E-state index in [9.17, 15) is 21.6 Å². The van der Waals surface area contributed by atoms with Gasteiger partial charge in [0.15, 0.2) is 0 Å². The maximum Gasteiger partial charge on any atom is 0.416 e. The van der Waals surface area contributed by atoms with Crippen LogP contribution in [0.25, 0.3) is 0 Å². The van der Waals surface area contributed by atoms with Crippen molar-refractivity contribution in [3.63, 3.8) is 0 Å². The van der Waals surface area contributed by atoms with Gasteiger partial charge in [-0.1, -0.05) is 6.07 Å². The molecule has 1 rings (SSSR count).